The molecule has 0 aromatic heterocycles. The van der Waals surface area contributed by atoms with E-state index >= 15 is 0 Å². The molecule has 0 saturated carbocycles. The number of rotatable bonds is 3. The number of carbonyl (C=O) groups is 1. The Hall–Kier alpha value is -1.53. The molecule has 0 radical (unpaired) electrons. The smallest absolute Gasteiger partial charge is 0.257 e. The Morgan fingerprint density at radius 3 is 2.89 bits per heavy atom. The molecule has 1 heterocycles. The molecule has 0 bridgehead atoms. The van der Waals surface area contributed by atoms with Crippen molar-refractivity contribution in [2.45, 2.75) is 18.9 Å². The molecule has 1 aromatic carbocycles. The zero-order valence-electron chi connectivity index (χ0n) is 10.5. The third-order valence-electron chi connectivity index (χ3n) is 3.17. The van der Waals surface area contributed by atoms with E-state index in [1.807, 2.05) is 0 Å². The number of nitrogens with one attached hydrogen (secondary N) is 1. The van der Waals surface area contributed by atoms with Gasteiger partial charge in [0.15, 0.2) is 0 Å². The third-order valence-corrected chi connectivity index (χ3v) is 3.17. The first-order valence-electron chi connectivity index (χ1n) is 5.96. The SMILES string of the molecule is Cc1ccc(F)c(C(=O)NCC2(O)CCOC2)c1F. The van der Waals surface area contributed by atoms with Gasteiger partial charge in [-0.2, -0.15) is 0 Å². The number of carbonyl (C=O) groups excluding carboxylic acids is 1. The second-order valence-electron chi connectivity index (χ2n) is 4.76. The molecule has 1 fully saturated rings. The molecule has 2 rings (SSSR count). The van der Waals surface area contributed by atoms with Crippen molar-refractivity contribution in [2.75, 3.05) is 19.8 Å². The van der Waals surface area contributed by atoms with Crippen LogP contribution < -0.4 is 5.32 Å². The van der Waals surface area contributed by atoms with Gasteiger partial charge in [-0.1, -0.05) is 6.07 Å². The minimum absolute atomic E-state index is 0.0986. The fraction of sp³-hybridized carbons (Fsp3) is 0.462. The van der Waals surface area contributed by atoms with Crippen molar-refractivity contribution < 1.29 is 23.4 Å². The van der Waals surface area contributed by atoms with Gasteiger partial charge in [-0.15, -0.1) is 0 Å². The van der Waals surface area contributed by atoms with Crippen LogP contribution in [0.3, 0.4) is 0 Å². The van der Waals surface area contributed by atoms with Crippen LogP contribution in [-0.4, -0.2) is 36.4 Å². The Labute approximate surface area is 109 Å². The maximum absolute atomic E-state index is 13.7. The first-order valence-corrected chi connectivity index (χ1v) is 5.96. The number of amides is 1. The standard InChI is InChI=1S/C13H15F2NO3/c1-8-2-3-9(14)10(11(8)15)12(17)16-6-13(18)4-5-19-7-13/h2-3,18H,4-7H2,1H3,(H,16,17). The molecule has 6 heteroatoms. The van der Waals surface area contributed by atoms with Gasteiger partial charge in [-0.25, -0.2) is 8.78 Å². The van der Waals surface area contributed by atoms with Crippen LogP contribution in [0.2, 0.25) is 0 Å². The Morgan fingerprint density at radius 1 is 1.53 bits per heavy atom. The minimum atomic E-state index is -1.16. The average molecular weight is 271 g/mol. The van der Waals surface area contributed by atoms with Gasteiger partial charge in [0.05, 0.1) is 6.61 Å². The zero-order chi connectivity index (χ0) is 14.0. The average Bonchev–Trinajstić information content (AvgIpc) is 2.80. The predicted octanol–water partition coefficient (Wildman–Crippen LogP) is 1.15. The highest BCUT2D eigenvalue weighted by atomic mass is 19.1. The van der Waals surface area contributed by atoms with E-state index in [1.54, 1.807) is 0 Å². The summed E-state index contributed by atoms with van der Waals surface area (Å²) < 4.78 is 32.2. The number of ether oxygens (including phenoxy) is 1. The van der Waals surface area contributed by atoms with Gasteiger partial charge >= 0.3 is 0 Å². The molecule has 1 aliphatic heterocycles. The summed E-state index contributed by atoms with van der Waals surface area (Å²) in [6.45, 7) is 1.86. The predicted molar refractivity (Wildman–Crippen MR) is 63.8 cm³/mol. The van der Waals surface area contributed by atoms with E-state index < -0.39 is 28.7 Å². The molecule has 0 spiro atoms. The highest BCUT2D eigenvalue weighted by Gasteiger charge is 2.33. The van der Waals surface area contributed by atoms with Crippen molar-refractivity contribution in [3.8, 4) is 0 Å². The summed E-state index contributed by atoms with van der Waals surface area (Å²) in [5.41, 5.74) is -1.59. The number of aryl methyl sites for hydroxylation is 1. The van der Waals surface area contributed by atoms with Crippen LogP contribution >= 0.6 is 0 Å². The molecule has 1 amide bonds. The lowest BCUT2D eigenvalue weighted by atomic mass is 10.0. The lowest BCUT2D eigenvalue weighted by molar-refractivity contribution is 0.0263. The second-order valence-corrected chi connectivity index (χ2v) is 4.76. The number of halogens is 2. The highest BCUT2D eigenvalue weighted by molar-refractivity contribution is 5.95. The number of hydrogen-bond donors (Lipinski definition) is 2. The molecule has 4 nitrogen and oxygen atoms in total. The van der Waals surface area contributed by atoms with Gasteiger partial charge in [0.25, 0.3) is 5.91 Å². The molecule has 1 unspecified atom stereocenters. The Bertz CT molecular complexity index is 499. The van der Waals surface area contributed by atoms with E-state index in [-0.39, 0.29) is 18.7 Å². The molecule has 1 saturated heterocycles. The van der Waals surface area contributed by atoms with Crippen LogP contribution in [0.5, 0.6) is 0 Å². The van der Waals surface area contributed by atoms with E-state index in [0.29, 0.717) is 13.0 Å². The molecule has 0 aliphatic carbocycles. The molecule has 1 aromatic rings. The van der Waals surface area contributed by atoms with Gasteiger partial charge in [-0.05, 0) is 18.6 Å². The van der Waals surface area contributed by atoms with Crippen LogP contribution in [0.15, 0.2) is 12.1 Å². The summed E-state index contributed by atoms with van der Waals surface area (Å²) >= 11 is 0. The largest absolute Gasteiger partial charge is 0.386 e. The summed E-state index contributed by atoms with van der Waals surface area (Å²) in [7, 11) is 0. The first kappa shape index (κ1) is 13.9. The fourth-order valence-electron chi connectivity index (χ4n) is 1.93. The normalized spacial score (nSPS) is 22.5. The first-order chi connectivity index (χ1) is 8.93. The number of benzene rings is 1. The van der Waals surface area contributed by atoms with E-state index in [4.69, 9.17) is 4.74 Å². The van der Waals surface area contributed by atoms with Crippen molar-refractivity contribution in [3.05, 3.63) is 34.9 Å². The molecule has 104 valence electrons. The number of aliphatic hydroxyl groups is 1. The summed E-state index contributed by atoms with van der Waals surface area (Å²) in [6, 6.07) is 2.31. The third kappa shape index (κ3) is 2.90. The Morgan fingerprint density at radius 2 is 2.26 bits per heavy atom. The van der Waals surface area contributed by atoms with Crippen molar-refractivity contribution in [1.29, 1.82) is 0 Å². The van der Waals surface area contributed by atoms with Gasteiger partial charge in [-0.3, -0.25) is 4.79 Å². The fourth-order valence-corrected chi connectivity index (χ4v) is 1.93. The van der Waals surface area contributed by atoms with E-state index in [1.165, 1.54) is 13.0 Å². The summed E-state index contributed by atoms with van der Waals surface area (Å²) in [6.07, 6.45) is 0.381. The molecular formula is C13H15F2NO3. The summed E-state index contributed by atoms with van der Waals surface area (Å²) in [5, 5.41) is 12.3. The van der Waals surface area contributed by atoms with Crippen LogP contribution in [0.4, 0.5) is 8.78 Å². The van der Waals surface area contributed by atoms with E-state index in [0.717, 1.165) is 6.07 Å². The van der Waals surface area contributed by atoms with E-state index in [2.05, 4.69) is 5.32 Å². The van der Waals surface area contributed by atoms with Crippen molar-refractivity contribution in [2.24, 2.45) is 0 Å². The molecular weight excluding hydrogens is 256 g/mol. The maximum atomic E-state index is 13.7. The number of hydrogen-bond acceptors (Lipinski definition) is 3. The summed E-state index contributed by atoms with van der Waals surface area (Å²) in [4.78, 5) is 11.8. The van der Waals surface area contributed by atoms with Crippen LogP contribution in [0, 0.1) is 18.6 Å². The second kappa shape index (κ2) is 5.22. The highest BCUT2D eigenvalue weighted by Crippen LogP contribution is 2.19. The van der Waals surface area contributed by atoms with Gasteiger partial charge < -0.3 is 15.2 Å². The van der Waals surface area contributed by atoms with Crippen LogP contribution in [-0.2, 0) is 4.74 Å². The Balaban J connectivity index is 2.10. The summed E-state index contributed by atoms with van der Waals surface area (Å²) in [5.74, 6) is -2.68. The zero-order valence-corrected chi connectivity index (χ0v) is 10.5. The monoisotopic (exact) mass is 271 g/mol. The van der Waals surface area contributed by atoms with Crippen molar-refractivity contribution in [1.82, 2.24) is 5.32 Å². The topological polar surface area (TPSA) is 58.6 Å². The van der Waals surface area contributed by atoms with Crippen LogP contribution in [0.25, 0.3) is 0 Å². The molecule has 19 heavy (non-hydrogen) atoms. The van der Waals surface area contributed by atoms with Gasteiger partial charge in [0.1, 0.15) is 22.8 Å². The van der Waals surface area contributed by atoms with Crippen LogP contribution in [0.1, 0.15) is 22.3 Å². The lowest BCUT2D eigenvalue weighted by Crippen LogP contribution is -2.43. The maximum Gasteiger partial charge on any atom is 0.257 e. The van der Waals surface area contributed by atoms with E-state index in [9.17, 15) is 18.7 Å². The van der Waals surface area contributed by atoms with Crippen molar-refractivity contribution >= 4 is 5.91 Å². The Kier molecular flexibility index (Phi) is 3.82. The quantitative estimate of drug-likeness (QED) is 0.867. The lowest BCUT2D eigenvalue weighted by Gasteiger charge is -2.20. The van der Waals surface area contributed by atoms with Crippen molar-refractivity contribution in [3.63, 3.8) is 0 Å². The van der Waals surface area contributed by atoms with Gasteiger partial charge in [0, 0.05) is 19.6 Å². The molecule has 2 N–H and O–H groups in total. The van der Waals surface area contributed by atoms with Gasteiger partial charge in [0.2, 0.25) is 0 Å². The molecule has 1 aliphatic rings. The minimum Gasteiger partial charge on any atom is -0.386 e. The molecule has 1 atom stereocenters.